The van der Waals surface area contributed by atoms with E-state index in [1.54, 1.807) is 5.57 Å². The van der Waals surface area contributed by atoms with Gasteiger partial charge in [0.05, 0.1) is 6.10 Å². The molecule has 8 atom stereocenters. The van der Waals surface area contributed by atoms with Crippen molar-refractivity contribution in [3.05, 3.63) is 11.6 Å². The first-order valence-corrected chi connectivity index (χ1v) is 12.6. The lowest BCUT2D eigenvalue weighted by atomic mass is 9.47. The maximum atomic E-state index is 10.2. The van der Waals surface area contributed by atoms with E-state index < -0.39 is 0 Å². The Morgan fingerprint density at radius 2 is 1.79 bits per heavy atom. The zero-order valence-corrected chi connectivity index (χ0v) is 19.3. The molecule has 0 aromatic rings. The maximum Gasteiger partial charge on any atom is 0.0577 e. The van der Waals surface area contributed by atoms with Crippen LogP contribution >= 0.6 is 0 Å². The Morgan fingerprint density at radius 3 is 2.54 bits per heavy atom. The molecule has 0 heterocycles. The van der Waals surface area contributed by atoms with E-state index >= 15 is 0 Å². The summed E-state index contributed by atoms with van der Waals surface area (Å²) in [6.45, 7) is 12.6. The quantitative estimate of drug-likeness (QED) is 0.488. The third kappa shape index (κ3) is 3.42. The molecule has 1 N–H and O–H groups in total. The fourth-order valence-electron chi connectivity index (χ4n) is 8.67. The predicted octanol–water partition coefficient (Wildman–Crippen LogP) is 7.39. The number of hydrogen-bond donors (Lipinski definition) is 1. The molecule has 0 bridgehead atoms. The van der Waals surface area contributed by atoms with Crippen molar-refractivity contribution in [1.82, 2.24) is 0 Å². The molecule has 0 unspecified atom stereocenters. The zero-order valence-electron chi connectivity index (χ0n) is 19.3. The molecule has 0 amide bonds. The molecular formula is C27H46O. The summed E-state index contributed by atoms with van der Waals surface area (Å²) in [5.74, 6) is 5.46. The summed E-state index contributed by atoms with van der Waals surface area (Å²) in [5.41, 5.74) is 2.60. The van der Waals surface area contributed by atoms with Gasteiger partial charge in [0.15, 0.2) is 0 Å². The fraction of sp³-hybridized carbons (Fsp3) is 0.926. The lowest BCUT2D eigenvalue weighted by Crippen LogP contribution is -2.50. The van der Waals surface area contributed by atoms with Crippen molar-refractivity contribution < 1.29 is 5.11 Å². The summed E-state index contributed by atoms with van der Waals surface area (Å²) in [6.07, 6.45) is 17.2. The lowest BCUT2D eigenvalue weighted by Gasteiger charge is -2.58. The molecule has 0 spiro atoms. The van der Waals surface area contributed by atoms with Gasteiger partial charge in [-0.05, 0) is 97.7 Å². The molecule has 0 aromatic heterocycles. The topological polar surface area (TPSA) is 20.2 Å². The molecule has 1 heteroatoms. The van der Waals surface area contributed by atoms with Crippen LogP contribution in [-0.4, -0.2) is 11.2 Å². The van der Waals surface area contributed by atoms with Gasteiger partial charge in [-0.15, -0.1) is 0 Å². The van der Waals surface area contributed by atoms with E-state index in [-0.39, 0.29) is 6.10 Å². The van der Waals surface area contributed by atoms with Gasteiger partial charge in [-0.25, -0.2) is 0 Å². The minimum Gasteiger partial charge on any atom is -0.393 e. The molecule has 28 heavy (non-hydrogen) atoms. The van der Waals surface area contributed by atoms with Gasteiger partial charge < -0.3 is 5.11 Å². The number of allylic oxidation sites excluding steroid dienone is 1. The Hall–Kier alpha value is -0.300. The molecule has 0 radical (unpaired) electrons. The van der Waals surface area contributed by atoms with E-state index in [2.05, 4.69) is 40.7 Å². The average Bonchev–Trinajstić information content (AvgIpc) is 2.99. The van der Waals surface area contributed by atoms with Gasteiger partial charge in [-0.1, -0.05) is 65.5 Å². The lowest BCUT2D eigenvalue weighted by molar-refractivity contribution is -0.0573. The highest BCUT2D eigenvalue weighted by molar-refractivity contribution is 5.25. The number of fused-ring (bicyclic) bond motifs is 5. The van der Waals surface area contributed by atoms with Crippen molar-refractivity contribution in [2.75, 3.05) is 0 Å². The van der Waals surface area contributed by atoms with Gasteiger partial charge in [-0.2, -0.15) is 0 Å². The Balaban J connectivity index is 1.49. The average molecular weight is 387 g/mol. The van der Waals surface area contributed by atoms with Crippen LogP contribution in [0.15, 0.2) is 11.6 Å². The van der Waals surface area contributed by atoms with E-state index in [9.17, 15) is 5.11 Å². The standard InChI is InChI=1S/C27H46O/c1-18(2)7-6-8-19(3)23-11-12-24-22-10-9-20-17-21(28)13-15-26(20,4)25(22)14-16-27(23,24)5/h9,18-19,21-25,28H,6-8,10-17H2,1-5H3/t19-,21-,22-,23-,24-,25+,26-,27-/m1/s1. The number of hydrogen-bond acceptors (Lipinski definition) is 1. The van der Waals surface area contributed by atoms with Crippen molar-refractivity contribution in [2.24, 2.45) is 46.3 Å². The van der Waals surface area contributed by atoms with Crippen LogP contribution in [0.1, 0.15) is 105 Å². The second kappa shape index (κ2) is 7.75. The summed E-state index contributed by atoms with van der Waals surface area (Å²) in [5, 5.41) is 10.2. The van der Waals surface area contributed by atoms with Crippen molar-refractivity contribution >= 4 is 0 Å². The van der Waals surface area contributed by atoms with Crippen LogP contribution < -0.4 is 0 Å². The third-order valence-corrected chi connectivity index (χ3v) is 10.3. The number of aliphatic hydroxyl groups is 1. The van der Waals surface area contributed by atoms with Gasteiger partial charge in [0.1, 0.15) is 0 Å². The van der Waals surface area contributed by atoms with Gasteiger partial charge >= 0.3 is 0 Å². The highest BCUT2D eigenvalue weighted by atomic mass is 16.3. The van der Waals surface area contributed by atoms with Crippen LogP contribution in [0.25, 0.3) is 0 Å². The first-order chi connectivity index (χ1) is 13.3. The van der Waals surface area contributed by atoms with Crippen molar-refractivity contribution in [2.45, 2.75) is 111 Å². The second-order valence-corrected chi connectivity index (χ2v) is 12.2. The minimum absolute atomic E-state index is 0.0766. The molecule has 4 rings (SSSR count). The summed E-state index contributed by atoms with van der Waals surface area (Å²) in [6, 6.07) is 0. The van der Waals surface area contributed by atoms with Gasteiger partial charge in [0, 0.05) is 0 Å². The third-order valence-electron chi connectivity index (χ3n) is 10.3. The minimum atomic E-state index is -0.0766. The fourth-order valence-corrected chi connectivity index (χ4v) is 8.67. The monoisotopic (exact) mass is 386 g/mol. The van der Waals surface area contributed by atoms with Crippen LogP contribution in [0.2, 0.25) is 0 Å². The Labute approximate surface area is 174 Å². The zero-order chi connectivity index (χ0) is 20.1. The normalized spacial score (nSPS) is 46.5. The molecule has 160 valence electrons. The van der Waals surface area contributed by atoms with Crippen LogP contribution in [0.3, 0.4) is 0 Å². The van der Waals surface area contributed by atoms with E-state index in [4.69, 9.17) is 0 Å². The summed E-state index contributed by atoms with van der Waals surface area (Å²) < 4.78 is 0. The van der Waals surface area contributed by atoms with E-state index in [0.717, 1.165) is 48.3 Å². The van der Waals surface area contributed by atoms with Crippen LogP contribution in [0.4, 0.5) is 0 Å². The number of aliphatic hydroxyl groups excluding tert-OH is 1. The molecule has 4 aliphatic carbocycles. The largest absolute Gasteiger partial charge is 0.393 e. The molecular weight excluding hydrogens is 340 g/mol. The molecule has 3 saturated carbocycles. The SMILES string of the molecule is CC(C)CCC[C@@H](C)[C@H]1CC[C@@H]2[C@H]3CC=C4C[C@H](O)CC[C@@]4(C)[C@H]3CC[C@@]21C. The first-order valence-electron chi connectivity index (χ1n) is 12.6. The number of rotatable bonds is 5. The second-order valence-electron chi connectivity index (χ2n) is 12.2. The molecule has 0 aliphatic heterocycles. The molecule has 3 fully saturated rings. The van der Waals surface area contributed by atoms with Crippen molar-refractivity contribution in [3.63, 3.8) is 0 Å². The molecule has 1 nitrogen and oxygen atoms in total. The first kappa shape index (κ1) is 21.0. The molecule has 4 aliphatic rings. The van der Waals surface area contributed by atoms with Gasteiger partial charge in [-0.3, -0.25) is 0 Å². The highest BCUT2D eigenvalue weighted by Gasteiger charge is 2.59. The van der Waals surface area contributed by atoms with Crippen LogP contribution in [0.5, 0.6) is 0 Å². The highest BCUT2D eigenvalue weighted by Crippen LogP contribution is 2.67. The van der Waals surface area contributed by atoms with Crippen molar-refractivity contribution in [1.29, 1.82) is 0 Å². The summed E-state index contributed by atoms with van der Waals surface area (Å²) >= 11 is 0. The van der Waals surface area contributed by atoms with Crippen LogP contribution in [-0.2, 0) is 0 Å². The van der Waals surface area contributed by atoms with Crippen LogP contribution in [0, 0.1) is 46.3 Å². The smallest absolute Gasteiger partial charge is 0.0577 e. The predicted molar refractivity (Wildman–Crippen MR) is 119 cm³/mol. The Morgan fingerprint density at radius 1 is 1.00 bits per heavy atom. The maximum absolute atomic E-state index is 10.2. The van der Waals surface area contributed by atoms with E-state index in [0.29, 0.717) is 10.8 Å². The Bertz CT molecular complexity index is 591. The van der Waals surface area contributed by atoms with Gasteiger partial charge in [0.2, 0.25) is 0 Å². The van der Waals surface area contributed by atoms with E-state index in [1.807, 2.05) is 0 Å². The summed E-state index contributed by atoms with van der Waals surface area (Å²) in [7, 11) is 0. The van der Waals surface area contributed by atoms with Gasteiger partial charge in [0.25, 0.3) is 0 Å². The molecule has 0 aromatic carbocycles. The van der Waals surface area contributed by atoms with E-state index in [1.165, 1.54) is 57.8 Å². The summed E-state index contributed by atoms with van der Waals surface area (Å²) in [4.78, 5) is 0. The molecule has 0 saturated heterocycles. The van der Waals surface area contributed by atoms with Crippen molar-refractivity contribution in [3.8, 4) is 0 Å². The Kier molecular flexibility index (Phi) is 5.80.